The molecule has 0 saturated heterocycles. The van der Waals surface area contributed by atoms with Crippen molar-refractivity contribution in [3.63, 3.8) is 0 Å². The van der Waals surface area contributed by atoms with Crippen LogP contribution in [0.25, 0.3) is 0 Å². The van der Waals surface area contributed by atoms with Crippen molar-refractivity contribution in [2.24, 2.45) is 0 Å². The lowest BCUT2D eigenvalue weighted by atomic mass is 9.75. The first-order valence-corrected chi connectivity index (χ1v) is 8.94. The van der Waals surface area contributed by atoms with E-state index in [2.05, 4.69) is 38.1 Å². The van der Waals surface area contributed by atoms with E-state index in [9.17, 15) is 4.39 Å². The summed E-state index contributed by atoms with van der Waals surface area (Å²) in [7, 11) is 0. The molecular weight excluding hydrogens is 259 g/mol. The van der Waals surface area contributed by atoms with E-state index in [0.717, 1.165) is 38.5 Å². The van der Waals surface area contributed by atoms with E-state index in [-0.39, 0.29) is 0 Å². The first-order chi connectivity index (χ1) is 10.2. The van der Waals surface area contributed by atoms with Gasteiger partial charge in [0.15, 0.2) is 0 Å². The molecule has 0 aromatic heterocycles. The predicted molar refractivity (Wildman–Crippen MR) is 89.6 cm³/mol. The van der Waals surface area contributed by atoms with Gasteiger partial charge >= 0.3 is 0 Å². The second kappa shape index (κ2) is 7.96. The van der Waals surface area contributed by atoms with Crippen LogP contribution >= 0.6 is 0 Å². The zero-order valence-corrected chi connectivity index (χ0v) is 13.8. The van der Waals surface area contributed by atoms with Crippen molar-refractivity contribution in [2.75, 3.05) is 0 Å². The molecule has 0 heterocycles. The fraction of sp³-hybridized carbons (Fsp3) is 0.700. The number of rotatable bonds is 7. The molecule has 0 aliphatic heterocycles. The maximum Gasteiger partial charge on any atom is 0.111 e. The van der Waals surface area contributed by atoms with E-state index >= 15 is 0 Å². The van der Waals surface area contributed by atoms with Gasteiger partial charge in [-0.05, 0) is 62.0 Å². The van der Waals surface area contributed by atoms with E-state index in [1.807, 2.05) is 0 Å². The molecule has 0 atom stereocenters. The average Bonchev–Trinajstić information content (AvgIpc) is 2.49. The number of halogens is 1. The Bertz CT molecular complexity index is 398. The summed E-state index contributed by atoms with van der Waals surface area (Å²) in [5, 5.41) is 0. The van der Waals surface area contributed by atoms with Gasteiger partial charge in [-0.2, -0.15) is 0 Å². The molecule has 1 heteroatoms. The van der Waals surface area contributed by atoms with E-state index in [1.165, 1.54) is 36.8 Å². The minimum absolute atomic E-state index is 0.579. The molecule has 1 aliphatic rings. The molecule has 1 aromatic rings. The second-order valence-corrected chi connectivity index (χ2v) is 6.87. The summed E-state index contributed by atoms with van der Waals surface area (Å²) in [6, 6.07) is 9.15. The van der Waals surface area contributed by atoms with Crippen LogP contribution in [0.4, 0.5) is 4.39 Å². The Labute approximate surface area is 130 Å². The van der Waals surface area contributed by atoms with Gasteiger partial charge in [0, 0.05) is 0 Å². The summed E-state index contributed by atoms with van der Waals surface area (Å²) in [6.45, 7) is 4.33. The van der Waals surface area contributed by atoms with Crippen molar-refractivity contribution < 1.29 is 4.39 Å². The van der Waals surface area contributed by atoms with Crippen molar-refractivity contribution >= 4 is 0 Å². The molecule has 118 valence electrons. The van der Waals surface area contributed by atoms with Gasteiger partial charge in [0.2, 0.25) is 0 Å². The van der Waals surface area contributed by atoms with Gasteiger partial charge in [0.05, 0.1) is 0 Å². The van der Waals surface area contributed by atoms with Crippen molar-refractivity contribution in [3.8, 4) is 0 Å². The predicted octanol–water partition coefficient (Wildman–Crippen LogP) is 6.59. The van der Waals surface area contributed by atoms with Gasteiger partial charge in [-0.25, -0.2) is 4.39 Å². The molecule has 0 amide bonds. The highest BCUT2D eigenvalue weighted by molar-refractivity contribution is 5.26. The monoisotopic (exact) mass is 290 g/mol. The second-order valence-electron chi connectivity index (χ2n) is 6.87. The Morgan fingerprint density at radius 3 is 2.24 bits per heavy atom. The minimum Gasteiger partial charge on any atom is -0.244 e. The van der Waals surface area contributed by atoms with Gasteiger partial charge < -0.3 is 0 Å². The molecule has 0 unspecified atom stereocenters. The fourth-order valence-electron chi connectivity index (χ4n) is 3.70. The highest BCUT2D eigenvalue weighted by Crippen LogP contribution is 2.42. The van der Waals surface area contributed by atoms with Crippen LogP contribution in [-0.2, 0) is 6.42 Å². The quantitative estimate of drug-likeness (QED) is 0.497. The van der Waals surface area contributed by atoms with Crippen molar-refractivity contribution in [1.82, 2.24) is 0 Å². The molecule has 1 aromatic carbocycles. The molecule has 0 N–H and O–H groups in total. The summed E-state index contributed by atoms with van der Waals surface area (Å²) in [5.74, 6) is 0.579. The molecule has 1 saturated carbocycles. The van der Waals surface area contributed by atoms with Crippen LogP contribution in [-0.4, -0.2) is 5.67 Å². The number of alkyl halides is 1. The van der Waals surface area contributed by atoms with Crippen molar-refractivity contribution in [2.45, 2.75) is 89.6 Å². The lowest BCUT2D eigenvalue weighted by Crippen LogP contribution is -2.28. The van der Waals surface area contributed by atoms with Gasteiger partial charge in [-0.1, -0.05) is 57.4 Å². The van der Waals surface area contributed by atoms with Crippen LogP contribution in [0.1, 0.15) is 88.7 Å². The third-order valence-electron chi connectivity index (χ3n) is 5.10. The van der Waals surface area contributed by atoms with Gasteiger partial charge in [0.25, 0.3) is 0 Å². The Balaban J connectivity index is 1.86. The standard InChI is InChI=1S/C20H31F/c1-3-5-6-7-17-8-10-18(11-9-17)19-12-15-20(21,14-4-2)16-13-19/h8-11,19H,3-7,12-16H2,1-2H3. The van der Waals surface area contributed by atoms with Gasteiger partial charge in [-0.15, -0.1) is 0 Å². The molecule has 0 radical (unpaired) electrons. The third kappa shape index (κ3) is 4.83. The minimum atomic E-state index is -0.870. The number of unbranched alkanes of at least 4 members (excludes halogenated alkanes) is 2. The van der Waals surface area contributed by atoms with Crippen LogP contribution in [0, 0.1) is 0 Å². The Kier molecular flexibility index (Phi) is 6.26. The number of hydrogen-bond acceptors (Lipinski definition) is 0. The largest absolute Gasteiger partial charge is 0.244 e. The molecular formula is C20H31F. The highest BCUT2D eigenvalue weighted by atomic mass is 19.1. The molecule has 0 nitrogen and oxygen atoms in total. The summed E-state index contributed by atoms with van der Waals surface area (Å²) >= 11 is 0. The smallest absolute Gasteiger partial charge is 0.111 e. The molecule has 0 spiro atoms. The zero-order valence-electron chi connectivity index (χ0n) is 13.8. The van der Waals surface area contributed by atoms with Crippen LogP contribution in [0.15, 0.2) is 24.3 Å². The van der Waals surface area contributed by atoms with Crippen LogP contribution in [0.2, 0.25) is 0 Å². The van der Waals surface area contributed by atoms with Crippen LogP contribution in [0.3, 0.4) is 0 Å². The van der Waals surface area contributed by atoms with E-state index in [4.69, 9.17) is 0 Å². The molecule has 2 rings (SSSR count). The summed E-state index contributed by atoms with van der Waals surface area (Å²) in [4.78, 5) is 0. The maximum absolute atomic E-state index is 14.5. The lowest BCUT2D eigenvalue weighted by Gasteiger charge is -2.34. The van der Waals surface area contributed by atoms with Crippen LogP contribution < -0.4 is 0 Å². The first-order valence-electron chi connectivity index (χ1n) is 8.94. The Morgan fingerprint density at radius 1 is 1.00 bits per heavy atom. The first kappa shape index (κ1) is 16.5. The summed E-state index contributed by atoms with van der Waals surface area (Å²) in [5.41, 5.74) is 2.01. The van der Waals surface area contributed by atoms with Crippen molar-refractivity contribution in [3.05, 3.63) is 35.4 Å². The number of benzene rings is 1. The topological polar surface area (TPSA) is 0 Å². The maximum atomic E-state index is 14.5. The zero-order chi connectivity index (χ0) is 15.1. The number of aryl methyl sites for hydroxylation is 1. The van der Waals surface area contributed by atoms with E-state index in [0.29, 0.717) is 5.92 Å². The van der Waals surface area contributed by atoms with Gasteiger partial charge in [0.1, 0.15) is 5.67 Å². The lowest BCUT2D eigenvalue weighted by molar-refractivity contribution is 0.0874. The van der Waals surface area contributed by atoms with Crippen LogP contribution in [0.5, 0.6) is 0 Å². The Morgan fingerprint density at radius 2 is 1.67 bits per heavy atom. The molecule has 1 aliphatic carbocycles. The number of hydrogen-bond donors (Lipinski definition) is 0. The van der Waals surface area contributed by atoms with E-state index < -0.39 is 5.67 Å². The molecule has 21 heavy (non-hydrogen) atoms. The molecule has 1 fully saturated rings. The summed E-state index contributed by atoms with van der Waals surface area (Å²) < 4.78 is 14.5. The third-order valence-corrected chi connectivity index (χ3v) is 5.10. The fourth-order valence-corrected chi connectivity index (χ4v) is 3.70. The van der Waals surface area contributed by atoms with E-state index in [1.54, 1.807) is 0 Å². The van der Waals surface area contributed by atoms with Gasteiger partial charge in [-0.3, -0.25) is 0 Å². The average molecular weight is 290 g/mol. The SMILES string of the molecule is CCCCCc1ccc(C2CCC(F)(CCC)CC2)cc1. The normalized spacial score (nSPS) is 26.0. The highest BCUT2D eigenvalue weighted by Gasteiger charge is 2.34. The Hall–Kier alpha value is -0.850. The molecule has 0 bridgehead atoms. The van der Waals surface area contributed by atoms with Crippen molar-refractivity contribution in [1.29, 1.82) is 0 Å². The summed E-state index contributed by atoms with van der Waals surface area (Å²) in [6.07, 6.45) is 10.3.